The zero-order valence-electron chi connectivity index (χ0n) is 13.6. The second-order valence-corrected chi connectivity index (χ2v) is 5.53. The van der Waals surface area contributed by atoms with E-state index in [9.17, 15) is 27.2 Å². The lowest BCUT2D eigenvalue weighted by atomic mass is 10.1. The molecule has 0 atom stereocenters. The van der Waals surface area contributed by atoms with Crippen molar-refractivity contribution < 1.29 is 27.2 Å². The summed E-state index contributed by atoms with van der Waals surface area (Å²) in [6, 6.07) is 9.94. The van der Waals surface area contributed by atoms with Crippen LogP contribution in [0.3, 0.4) is 0 Å². The average molecular weight is 368 g/mol. The molecule has 0 aliphatic heterocycles. The molecule has 2 rings (SSSR count). The van der Waals surface area contributed by atoms with Crippen LogP contribution in [-0.2, 0) is 22.2 Å². The lowest BCUT2D eigenvalue weighted by molar-refractivity contribution is -0.137. The molecule has 0 aliphatic rings. The lowest BCUT2D eigenvalue weighted by Gasteiger charge is -2.10. The van der Waals surface area contributed by atoms with Gasteiger partial charge in [0.2, 0.25) is 11.8 Å². The molecule has 0 radical (unpaired) electrons. The van der Waals surface area contributed by atoms with Gasteiger partial charge >= 0.3 is 6.18 Å². The molecule has 138 valence electrons. The molecule has 0 fully saturated rings. The molecule has 8 heteroatoms. The van der Waals surface area contributed by atoms with Crippen molar-refractivity contribution in [3.63, 3.8) is 0 Å². The molecule has 0 saturated carbocycles. The highest BCUT2D eigenvalue weighted by Crippen LogP contribution is 2.30. The summed E-state index contributed by atoms with van der Waals surface area (Å²) < 4.78 is 50.6. The summed E-state index contributed by atoms with van der Waals surface area (Å²) in [5.74, 6) is -1.63. The Bertz CT molecular complexity index is 774. The third kappa shape index (κ3) is 6.19. The van der Waals surface area contributed by atoms with Gasteiger partial charge in [-0.05, 0) is 42.3 Å². The monoisotopic (exact) mass is 368 g/mol. The summed E-state index contributed by atoms with van der Waals surface area (Å²) >= 11 is 0. The van der Waals surface area contributed by atoms with Gasteiger partial charge in [-0.25, -0.2) is 4.39 Å². The molecule has 0 aliphatic carbocycles. The van der Waals surface area contributed by atoms with Crippen molar-refractivity contribution in [2.75, 3.05) is 11.9 Å². The van der Waals surface area contributed by atoms with E-state index >= 15 is 0 Å². The van der Waals surface area contributed by atoms with Gasteiger partial charge in [0.15, 0.2) is 0 Å². The minimum atomic E-state index is -4.52. The Hall–Kier alpha value is -2.90. The number of nitrogens with one attached hydrogen (secondary N) is 2. The van der Waals surface area contributed by atoms with Crippen molar-refractivity contribution in [3.8, 4) is 0 Å². The predicted molar refractivity (Wildman–Crippen MR) is 87.8 cm³/mol. The number of hydrogen-bond donors (Lipinski definition) is 2. The van der Waals surface area contributed by atoms with Gasteiger partial charge in [-0.15, -0.1) is 0 Å². The van der Waals surface area contributed by atoms with Gasteiger partial charge in [-0.3, -0.25) is 9.59 Å². The highest BCUT2D eigenvalue weighted by molar-refractivity contribution is 6.03. The quantitative estimate of drug-likeness (QED) is 0.605. The molecule has 0 saturated heterocycles. The van der Waals surface area contributed by atoms with E-state index in [0.29, 0.717) is 6.42 Å². The molecule has 0 heterocycles. The number of halogens is 4. The van der Waals surface area contributed by atoms with Crippen LogP contribution in [0.25, 0.3) is 0 Å². The summed E-state index contributed by atoms with van der Waals surface area (Å²) in [4.78, 5) is 23.5. The van der Waals surface area contributed by atoms with Crippen LogP contribution in [0.4, 0.5) is 23.2 Å². The molecule has 4 nitrogen and oxygen atoms in total. The standard InChI is InChI=1S/C18H16F4N2O2/c19-14-6-4-12(5-7-14)8-9-23-16(25)11-17(26)24-15-3-1-2-13(10-15)18(20,21)22/h1-7,10H,8-9,11H2,(H,23,25)(H,24,26). The third-order valence-corrected chi connectivity index (χ3v) is 3.44. The number of alkyl halides is 3. The molecule has 2 amide bonds. The van der Waals surface area contributed by atoms with Gasteiger partial charge in [0, 0.05) is 12.2 Å². The van der Waals surface area contributed by atoms with Crippen molar-refractivity contribution in [1.82, 2.24) is 5.32 Å². The second-order valence-electron chi connectivity index (χ2n) is 5.53. The Morgan fingerprint density at radius 1 is 0.962 bits per heavy atom. The molecule has 2 N–H and O–H groups in total. The zero-order valence-corrected chi connectivity index (χ0v) is 13.6. The maximum absolute atomic E-state index is 12.8. The number of hydrogen-bond acceptors (Lipinski definition) is 2. The van der Waals surface area contributed by atoms with Gasteiger partial charge in [0.05, 0.1) is 5.56 Å². The van der Waals surface area contributed by atoms with E-state index in [1.54, 1.807) is 12.1 Å². The Kier molecular flexibility index (Phi) is 6.32. The molecule has 26 heavy (non-hydrogen) atoms. The molecule has 2 aromatic rings. The van der Waals surface area contributed by atoms with Crippen LogP contribution in [0.15, 0.2) is 48.5 Å². The predicted octanol–water partition coefficient (Wildman–Crippen LogP) is 3.53. The van der Waals surface area contributed by atoms with E-state index < -0.39 is 30.0 Å². The van der Waals surface area contributed by atoms with Gasteiger partial charge in [-0.2, -0.15) is 13.2 Å². The maximum atomic E-state index is 12.8. The first kappa shape index (κ1) is 19.4. The van der Waals surface area contributed by atoms with Crippen molar-refractivity contribution in [3.05, 3.63) is 65.5 Å². The summed E-state index contributed by atoms with van der Waals surface area (Å²) in [6.07, 6.45) is -4.57. The Labute approximate surface area is 147 Å². The lowest BCUT2D eigenvalue weighted by Crippen LogP contribution is -2.29. The van der Waals surface area contributed by atoms with E-state index in [1.807, 2.05) is 0 Å². The molecule has 0 spiro atoms. The fraction of sp³-hybridized carbons (Fsp3) is 0.222. The van der Waals surface area contributed by atoms with Crippen LogP contribution in [0.5, 0.6) is 0 Å². The number of carbonyl (C=O) groups is 2. The number of anilines is 1. The van der Waals surface area contributed by atoms with E-state index in [0.717, 1.165) is 17.7 Å². The normalized spacial score (nSPS) is 11.1. The Morgan fingerprint density at radius 2 is 1.65 bits per heavy atom. The highest BCUT2D eigenvalue weighted by Gasteiger charge is 2.30. The summed E-state index contributed by atoms with van der Waals surface area (Å²) in [6.45, 7) is 0.251. The molecule has 2 aromatic carbocycles. The molecule has 0 aromatic heterocycles. The molecule has 0 unspecified atom stereocenters. The first-order valence-corrected chi connectivity index (χ1v) is 7.72. The van der Waals surface area contributed by atoms with E-state index in [2.05, 4.69) is 10.6 Å². The van der Waals surface area contributed by atoms with E-state index in [1.165, 1.54) is 24.3 Å². The van der Waals surface area contributed by atoms with Gasteiger partial charge in [-0.1, -0.05) is 18.2 Å². The van der Waals surface area contributed by atoms with Crippen LogP contribution < -0.4 is 10.6 Å². The van der Waals surface area contributed by atoms with E-state index in [4.69, 9.17) is 0 Å². The smallest absolute Gasteiger partial charge is 0.355 e. The second kappa shape index (κ2) is 8.46. The SMILES string of the molecule is O=C(CC(=O)Nc1cccc(C(F)(F)F)c1)NCCc1ccc(F)cc1. The topological polar surface area (TPSA) is 58.2 Å². The summed E-state index contributed by atoms with van der Waals surface area (Å²) in [5.41, 5.74) is -0.108. The minimum absolute atomic E-state index is 0.0380. The van der Waals surface area contributed by atoms with Crippen LogP contribution in [0.2, 0.25) is 0 Å². The van der Waals surface area contributed by atoms with Crippen molar-refractivity contribution in [2.45, 2.75) is 19.0 Å². The van der Waals surface area contributed by atoms with Crippen molar-refractivity contribution in [2.24, 2.45) is 0 Å². The Morgan fingerprint density at radius 3 is 2.31 bits per heavy atom. The molecule has 0 bridgehead atoms. The average Bonchev–Trinajstić information content (AvgIpc) is 2.56. The van der Waals surface area contributed by atoms with Crippen LogP contribution in [0.1, 0.15) is 17.5 Å². The third-order valence-electron chi connectivity index (χ3n) is 3.44. The molecular weight excluding hydrogens is 352 g/mol. The number of carbonyl (C=O) groups excluding carboxylic acids is 2. The Balaban J connectivity index is 1.78. The van der Waals surface area contributed by atoms with Crippen LogP contribution in [0, 0.1) is 5.82 Å². The fourth-order valence-electron chi connectivity index (χ4n) is 2.18. The number of rotatable bonds is 6. The summed E-state index contributed by atoms with van der Waals surface area (Å²) in [7, 11) is 0. The first-order valence-electron chi connectivity index (χ1n) is 7.72. The first-order chi connectivity index (χ1) is 12.2. The van der Waals surface area contributed by atoms with Crippen LogP contribution in [-0.4, -0.2) is 18.4 Å². The van der Waals surface area contributed by atoms with E-state index in [-0.39, 0.29) is 18.0 Å². The zero-order chi connectivity index (χ0) is 19.2. The highest BCUT2D eigenvalue weighted by atomic mass is 19.4. The van der Waals surface area contributed by atoms with Crippen molar-refractivity contribution >= 4 is 17.5 Å². The van der Waals surface area contributed by atoms with Crippen molar-refractivity contribution in [1.29, 1.82) is 0 Å². The number of benzene rings is 2. The van der Waals surface area contributed by atoms with Gasteiger partial charge < -0.3 is 10.6 Å². The minimum Gasteiger partial charge on any atom is -0.355 e. The van der Waals surface area contributed by atoms with Gasteiger partial charge in [0.25, 0.3) is 0 Å². The largest absolute Gasteiger partial charge is 0.416 e. The van der Waals surface area contributed by atoms with Crippen LogP contribution >= 0.6 is 0 Å². The fourth-order valence-corrected chi connectivity index (χ4v) is 2.18. The molecular formula is C18H16F4N2O2. The number of amides is 2. The maximum Gasteiger partial charge on any atom is 0.416 e. The van der Waals surface area contributed by atoms with Gasteiger partial charge in [0.1, 0.15) is 12.2 Å². The summed E-state index contributed by atoms with van der Waals surface area (Å²) in [5, 5.41) is 4.78.